The normalized spacial score (nSPS) is 14.3. The number of phosphoric acid groups is 2. The number of phosphoric ester groups is 2. The molecular weight excluding hydrogens is 1270 g/mol. The van der Waals surface area contributed by atoms with E-state index >= 15 is 0 Å². The van der Waals surface area contributed by atoms with Crippen molar-refractivity contribution in [2.45, 2.75) is 420 Å². The summed E-state index contributed by atoms with van der Waals surface area (Å²) < 4.78 is 68.6. The van der Waals surface area contributed by atoms with Crippen molar-refractivity contribution >= 4 is 39.5 Å². The molecule has 0 heterocycles. The minimum absolute atomic E-state index is 0.105. The third kappa shape index (κ3) is 70.9. The molecule has 17 nitrogen and oxygen atoms in total. The first-order valence-corrected chi connectivity index (χ1v) is 43.4. The van der Waals surface area contributed by atoms with Crippen molar-refractivity contribution in [2.75, 3.05) is 39.6 Å². The van der Waals surface area contributed by atoms with E-state index in [4.69, 9.17) is 37.0 Å². The number of unbranched alkanes of at least 4 members (excludes halogenated alkanes) is 43. The first-order chi connectivity index (χ1) is 46.8. The van der Waals surface area contributed by atoms with Crippen LogP contribution in [0.15, 0.2) is 0 Å². The molecule has 0 aliphatic heterocycles. The van der Waals surface area contributed by atoms with E-state index in [-0.39, 0.29) is 25.7 Å². The Balaban J connectivity index is 5.25. The summed E-state index contributed by atoms with van der Waals surface area (Å²) in [5, 5.41) is 10.6. The Labute approximate surface area is 594 Å². The van der Waals surface area contributed by atoms with Crippen molar-refractivity contribution in [3.63, 3.8) is 0 Å². The number of ether oxygens (including phenoxy) is 4. The first kappa shape index (κ1) is 95.1. The molecule has 0 amide bonds. The molecule has 0 bridgehead atoms. The van der Waals surface area contributed by atoms with Gasteiger partial charge in [0.1, 0.15) is 19.3 Å². The van der Waals surface area contributed by atoms with E-state index in [0.29, 0.717) is 25.7 Å². The van der Waals surface area contributed by atoms with Crippen LogP contribution in [-0.2, 0) is 65.4 Å². The first-order valence-electron chi connectivity index (χ1n) is 40.4. The predicted molar refractivity (Wildman–Crippen MR) is 395 cm³/mol. The van der Waals surface area contributed by atoms with E-state index in [2.05, 4.69) is 48.5 Å². The van der Waals surface area contributed by atoms with E-state index < -0.39 is 97.5 Å². The van der Waals surface area contributed by atoms with Gasteiger partial charge in [-0.25, -0.2) is 9.13 Å². The average molecular weight is 1420 g/mol. The van der Waals surface area contributed by atoms with Crippen LogP contribution < -0.4 is 0 Å². The van der Waals surface area contributed by atoms with Gasteiger partial charge in [0.05, 0.1) is 26.4 Å². The number of aliphatic hydroxyl groups excluding tert-OH is 1. The number of hydrogen-bond donors (Lipinski definition) is 3. The predicted octanol–water partition coefficient (Wildman–Crippen LogP) is 23.0. The van der Waals surface area contributed by atoms with Crippen LogP contribution in [0.5, 0.6) is 0 Å². The van der Waals surface area contributed by atoms with E-state index in [9.17, 15) is 43.2 Å². The quantitative estimate of drug-likeness (QED) is 0.0222. The molecule has 97 heavy (non-hydrogen) atoms. The Morgan fingerprint density at radius 3 is 0.784 bits per heavy atom. The summed E-state index contributed by atoms with van der Waals surface area (Å²) in [6.07, 6.45) is 55.5. The van der Waals surface area contributed by atoms with Crippen LogP contribution in [0.4, 0.5) is 0 Å². The SMILES string of the molecule is CCCCCCCCCCCCCCCCCCCC(=O)OC[C@H](COP(=O)(O)OC[C@@H](O)COP(=O)(O)OC[C@@H](COC(=O)CCCCCCCCC(C)CC)OC(=O)CCCCCCCCCCCCC(C)C)OC(=O)CCCCCCCCCCCCCCCCC(C)C. The number of esters is 4. The molecular formula is C78H152O17P2. The zero-order valence-electron chi connectivity index (χ0n) is 63.5. The van der Waals surface area contributed by atoms with Gasteiger partial charge in [-0.05, 0) is 43.4 Å². The smallest absolute Gasteiger partial charge is 0.462 e. The third-order valence-electron chi connectivity index (χ3n) is 18.5. The second kappa shape index (κ2) is 68.5. The Hall–Kier alpha value is -1.94. The summed E-state index contributed by atoms with van der Waals surface area (Å²) in [5.74, 6) is 0.162. The lowest BCUT2D eigenvalue weighted by molar-refractivity contribution is -0.161. The number of carbonyl (C=O) groups excluding carboxylic acids is 4. The van der Waals surface area contributed by atoms with Gasteiger partial charge in [0.15, 0.2) is 12.2 Å². The molecule has 3 N–H and O–H groups in total. The van der Waals surface area contributed by atoms with Crippen LogP contribution >= 0.6 is 15.6 Å². The molecule has 19 heteroatoms. The van der Waals surface area contributed by atoms with E-state index in [1.807, 2.05) is 0 Å². The van der Waals surface area contributed by atoms with Gasteiger partial charge in [-0.15, -0.1) is 0 Å². The zero-order chi connectivity index (χ0) is 71.6. The topological polar surface area (TPSA) is 237 Å². The lowest BCUT2D eigenvalue weighted by Crippen LogP contribution is -2.30. The van der Waals surface area contributed by atoms with Crippen LogP contribution in [0, 0.1) is 17.8 Å². The van der Waals surface area contributed by atoms with Gasteiger partial charge < -0.3 is 33.8 Å². The average Bonchev–Trinajstić information content (AvgIpc) is 1.04. The zero-order valence-corrected chi connectivity index (χ0v) is 65.3. The molecule has 0 aliphatic rings. The van der Waals surface area contributed by atoms with Crippen LogP contribution in [-0.4, -0.2) is 96.7 Å². The van der Waals surface area contributed by atoms with Crippen molar-refractivity contribution in [2.24, 2.45) is 17.8 Å². The van der Waals surface area contributed by atoms with E-state index in [1.54, 1.807) is 0 Å². The highest BCUT2D eigenvalue weighted by Gasteiger charge is 2.30. The lowest BCUT2D eigenvalue weighted by atomic mass is 10.00. The van der Waals surface area contributed by atoms with E-state index in [1.165, 1.54) is 205 Å². The molecule has 0 saturated carbocycles. The summed E-state index contributed by atoms with van der Waals surface area (Å²) in [6.45, 7) is 11.9. The molecule has 3 unspecified atom stereocenters. The summed E-state index contributed by atoms with van der Waals surface area (Å²) in [4.78, 5) is 72.9. The van der Waals surface area contributed by atoms with Crippen molar-refractivity contribution in [1.82, 2.24) is 0 Å². The molecule has 0 radical (unpaired) electrons. The minimum Gasteiger partial charge on any atom is -0.462 e. The van der Waals surface area contributed by atoms with Crippen LogP contribution in [0.25, 0.3) is 0 Å². The number of hydrogen-bond acceptors (Lipinski definition) is 15. The molecule has 0 aromatic carbocycles. The summed E-state index contributed by atoms with van der Waals surface area (Å²) >= 11 is 0. The second-order valence-electron chi connectivity index (χ2n) is 29.3. The Morgan fingerprint density at radius 1 is 0.299 bits per heavy atom. The number of carbonyl (C=O) groups is 4. The largest absolute Gasteiger partial charge is 0.472 e. The van der Waals surface area contributed by atoms with Crippen molar-refractivity contribution < 1.29 is 80.2 Å². The van der Waals surface area contributed by atoms with Gasteiger partial charge in [0.2, 0.25) is 0 Å². The summed E-state index contributed by atoms with van der Waals surface area (Å²) in [6, 6.07) is 0. The second-order valence-corrected chi connectivity index (χ2v) is 32.2. The van der Waals surface area contributed by atoms with Crippen LogP contribution in [0.2, 0.25) is 0 Å². The Morgan fingerprint density at radius 2 is 0.526 bits per heavy atom. The standard InChI is InChI=1S/C78H152O17P2/c1-8-10-11-12-13-14-15-16-17-18-19-23-26-32-37-45-52-59-75(80)88-65-73(94-77(82)61-54-47-38-33-27-24-21-20-22-25-30-35-42-49-56-69(3)4)67-92-96(84,85)90-63-72(79)64-91-97(86,87)93-68-74(66-89-76(81)60-53-46-41-40-44-51-58-71(7)9-2)95-78(83)62-55-48-39-34-29-28-31-36-43-50-57-70(5)6/h69-74,79H,8-68H2,1-7H3,(H,84,85)(H,86,87)/t71?,72-,73-,74-/m1/s1. The summed E-state index contributed by atoms with van der Waals surface area (Å²) in [7, 11) is -9.92. The number of rotatable bonds is 76. The number of aliphatic hydroxyl groups is 1. The highest BCUT2D eigenvalue weighted by molar-refractivity contribution is 7.47. The fourth-order valence-electron chi connectivity index (χ4n) is 11.9. The van der Waals surface area contributed by atoms with Crippen molar-refractivity contribution in [3.05, 3.63) is 0 Å². The van der Waals surface area contributed by atoms with Gasteiger partial charge in [-0.1, -0.05) is 350 Å². The van der Waals surface area contributed by atoms with Crippen LogP contribution in [0.3, 0.4) is 0 Å². The van der Waals surface area contributed by atoms with E-state index in [0.717, 1.165) is 114 Å². The molecule has 0 spiro atoms. The molecule has 0 aromatic heterocycles. The fourth-order valence-corrected chi connectivity index (χ4v) is 13.5. The maximum atomic E-state index is 13.1. The van der Waals surface area contributed by atoms with Crippen molar-refractivity contribution in [3.8, 4) is 0 Å². The van der Waals surface area contributed by atoms with Crippen molar-refractivity contribution in [1.29, 1.82) is 0 Å². The maximum Gasteiger partial charge on any atom is 0.472 e. The van der Waals surface area contributed by atoms with Crippen LogP contribution in [0.1, 0.15) is 402 Å². The van der Waals surface area contributed by atoms with Gasteiger partial charge in [0, 0.05) is 25.7 Å². The molecule has 0 aromatic rings. The molecule has 0 aliphatic carbocycles. The highest BCUT2D eigenvalue weighted by Crippen LogP contribution is 2.45. The van der Waals surface area contributed by atoms with Gasteiger partial charge in [-0.3, -0.25) is 37.3 Å². The molecule has 0 rings (SSSR count). The minimum atomic E-state index is -4.96. The van der Waals surface area contributed by atoms with Gasteiger partial charge in [0.25, 0.3) is 0 Å². The fraction of sp³-hybridized carbons (Fsp3) is 0.949. The Kier molecular flexibility index (Phi) is 67.1. The monoisotopic (exact) mass is 1420 g/mol. The molecule has 0 saturated heterocycles. The highest BCUT2D eigenvalue weighted by atomic mass is 31.2. The molecule has 0 fully saturated rings. The molecule has 576 valence electrons. The third-order valence-corrected chi connectivity index (χ3v) is 20.4. The van der Waals surface area contributed by atoms with Gasteiger partial charge in [-0.2, -0.15) is 0 Å². The van der Waals surface area contributed by atoms with Gasteiger partial charge >= 0.3 is 39.5 Å². The maximum absolute atomic E-state index is 13.1. The molecule has 6 atom stereocenters. The lowest BCUT2D eigenvalue weighted by Gasteiger charge is -2.21. The Bertz CT molecular complexity index is 1890. The summed E-state index contributed by atoms with van der Waals surface area (Å²) in [5.41, 5.74) is 0.